The van der Waals surface area contributed by atoms with E-state index in [1.54, 1.807) is 6.20 Å². The molecule has 0 radical (unpaired) electrons. The summed E-state index contributed by atoms with van der Waals surface area (Å²) in [6, 6.07) is 6.18. The Morgan fingerprint density at radius 2 is 2.38 bits per heavy atom. The van der Waals surface area contributed by atoms with Gasteiger partial charge in [-0.2, -0.15) is 0 Å². The number of carbonyl (C=O) groups excluding carboxylic acids is 1. The Bertz CT molecular complexity index is 349. The fraction of sp³-hybridized carbons (Fsp3) is 0.500. The van der Waals surface area contributed by atoms with Gasteiger partial charge in [-0.1, -0.05) is 6.07 Å². The number of nitrogens with one attached hydrogen (secondary N) is 1. The van der Waals surface area contributed by atoms with Crippen molar-refractivity contribution in [3.8, 4) is 0 Å². The zero-order chi connectivity index (χ0) is 11.4. The molecule has 0 aromatic carbocycles. The van der Waals surface area contributed by atoms with Gasteiger partial charge < -0.3 is 10.2 Å². The molecule has 1 aliphatic rings. The first-order valence-electron chi connectivity index (χ1n) is 5.63. The minimum Gasteiger partial charge on any atom is -0.340 e. The summed E-state index contributed by atoms with van der Waals surface area (Å²) in [6.45, 7) is 1.84. The summed E-state index contributed by atoms with van der Waals surface area (Å²) in [4.78, 5) is 17.9. The van der Waals surface area contributed by atoms with Crippen molar-refractivity contribution in [1.82, 2.24) is 15.2 Å². The normalized spacial score (nSPS) is 15.6. The summed E-state index contributed by atoms with van der Waals surface area (Å²) in [7, 11) is 1.88. The first-order chi connectivity index (χ1) is 7.77. The topological polar surface area (TPSA) is 45.2 Å². The number of aromatic nitrogens is 1. The van der Waals surface area contributed by atoms with Gasteiger partial charge in [-0.15, -0.1) is 0 Å². The predicted octanol–water partition coefficient (Wildman–Crippen LogP) is 0.444. The molecule has 0 saturated carbocycles. The van der Waals surface area contributed by atoms with E-state index < -0.39 is 0 Å². The molecular weight excluding hydrogens is 202 g/mol. The van der Waals surface area contributed by atoms with Gasteiger partial charge in [0.1, 0.15) is 0 Å². The lowest BCUT2D eigenvalue weighted by atomic mass is 10.1. The van der Waals surface area contributed by atoms with Crippen LogP contribution in [0.4, 0.5) is 0 Å². The van der Waals surface area contributed by atoms with Crippen LogP contribution in [0.5, 0.6) is 0 Å². The molecular formula is C12H17N3O. The van der Waals surface area contributed by atoms with Crippen LogP contribution in [0, 0.1) is 0 Å². The molecule has 0 unspecified atom stereocenters. The van der Waals surface area contributed by atoms with Crippen LogP contribution in [-0.4, -0.2) is 42.0 Å². The number of aryl methyl sites for hydroxylation is 1. The fourth-order valence-electron chi connectivity index (χ4n) is 1.71. The maximum atomic E-state index is 11.8. The van der Waals surface area contributed by atoms with Crippen LogP contribution in [0.2, 0.25) is 0 Å². The van der Waals surface area contributed by atoms with Gasteiger partial charge >= 0.3 is 0 Å². The molecule has 4 nitrogen and oxygen atoms in total. The number of hydrogen-bond acceptors (Lipinski definition) is 3. The average molecular weight is 219 g/mol. The summed E-state index contributed by atoms with van der Waals surface area (Å²) in [6.07, 6.45) is 3.04. The highest BCUT2D eigenvalue weighted by Gasteiger charge is 2.24. The summed E-state index contributed by atoms with van der Waals surface area (Å²) in [5, 5.41) is 3.16. The highest BCUT2D eigenvalue weighted by molar-refractivity contribution is 5.76. The van der Waals surface area contributed by atoms with Crippen molar-refractivity contribution in [3.05, 3.63) is 30.1 Å². The highest BCUT2D eigenvalue weighted by atomic mass is 16.2. The van der Waals surface area contributed by atoms with Gasteiger partial charge in [-0.3, -0.25) is 9.78 Å². The molecule has 86 valence electrons. The molecule has 0 aliphatic carbocycles. The molecule has 1 fully saturated rings. The smallest absolute Gasteiger partial charge is 0.223 e. The lowest BCUT2D eigenvalue weighted by molar-refractivity contribution is -0.132. The zero-order valence-corrected chi connectivity index (χ0v) is 9.52. The second kappa shape index (κ2) is 5.07. The van der Waals surface area contributed by atoms with Gasteiger partial charge in [-0.25, -0.2) is 0 Å². The fourth-order valence-corrected chi connectivity index (χ4v) is 1.71. The maximum absolute atomic E-state index is 11.8. The van der Waals surface area contributed by atoms with E-state index in [4.69, 9.17) is 0 Å². The highest BCUT2D eigenvalue weighted by Crippen LogP contribution is 2.06. The molecule has 2 rings (SSSR count). The number of hydrogen-bond donors (Lipinski definition) is 1. The number of pyridine rings is 1. The Balaban J connectivity index is 1.79. The van der Waals surface area contributed by atoms with Crippen LogP contribution >= 0.6 is 0 Å². The van der Waals surface area contributed by atoms with Crippen molar-refractivity contribution in [2.75, 3.05) is 20.1 Å². The van der Waals surface area contributed by atoms with Gasteiger partial charge in [0.25, 0.3) is 0 Å². The van der Waals surface area contributed by atoms with E-state index in [2.05, 4.69) is 10.3 Å². The van der Waals surface area contributed by atoms with Crippen molar-refractivity contribution in [1.29, 1.82) is 0 Å². The van der Waals surface area contributed by atoms with Gasteiger partial charge in [0, 0.05) is 38.4 Å². The van der Waals surface area contributed by atoms with Crippen LogP contribution in [0.3, 0.4) is 0 Å². The lowest BCUT2D eigenvalue weighted by Crippen LogP contribution is -2.57. The number of amides is 1. The van der Waals surface area contributed by atoms with Crippen molar-refractivity contribution in [2.24, 2.45) is 0 Å². The summed E-state index contributed by atoms with van der Waals surface area (Å²) < 4.78 is 0. The summed E-state index contributed by atoms with van der Waals surface area (Å²) in [5.74, 6) is 0.206. The molecule has 0 atom stereocenters. The minimum atomic E-state index is 0.206. The molecule has 1 aromatic heterocycles. The Kier molecular flexibility index (Phi) is 3.51. The molecule has 16 heavy (non-hydrogen) atoms. The molecule has 1 N–H and O–H groups in total. The molecule has 0 spiro atoms. The maximum Gasteiger partial charge on any atom is 0.223 e. The van der Waals surface area contributed by atoms with Gasteiger partial charge in [0.15, 0.2) is 0 Å². The largest absolute Gasteiger partial charge is 0.340 e. The first kappa shape index (κ1) is 11.1. The van der Waals surface area contributed by atoms with E-state index in [-0.39, 0.29) is 5.91 Å². The second-order valence-electron chi connectivity index (χ2n) is 4.14. The van der Waals surface area contributed by atoms with Gasteiger partial charge in [0.2, 0.25) is 5.91 Å². The van der Waals surface area contributed by atoms with Crippen LogP contribution in [-0.2, 0) is 11.2 Å². The third kappa shape index (κ3) is 2.58. The Morgan fingerprint density at radius 3 is 2.94 bits per heavy atom. The lowest BCUT2D eigenvalue weighted by Gasteiger charge is -2.35. The Morgan fingerprint density at radius 1 is 1.56 bits per heavy atom. The number of rotatable bonds is 4. The van der Waals surface area contributed by atoms with Crippen molar-refractivity contribution in [3.63, 3.8) is 0 Å². The third-order valence-corrected chi connectivity index (χ3v) is 3.02. The molecule has 4 heteroatoms. The summed E-state index contributed by atoms with van der Waals surface area (Å²) in [5.41, 5.74) is 0.982. The number of nitrogens with zero attached hydrogens (tertiary/aromatic N) is 2. The molecule has 2 heterocycles. The van der Waals surface area contributed by atoms with Crippen LogP contribution in [0.25, 0.3) is 0 Å². The SMILES string of the molecule is CN(C(=O)CCc1ccccn1)C1CNC1. The number of carbonyl (C=O) groups is 1. The minimum absolute atomic E-state index is 0.206. The molecule has 0 bridgehead atoms. The Labute approximate surface area is 95.7 Å². The van der Waals surface area contributed by atoms with Crippen LogP contribution in [0.1, 0.15) is 12.1 Å². The second-order valence-corrected chi connectivity index (χ2v) is 4.14. The van der Waals surface area contributed by atoms with Gasteiger partial charge in [-0.05, 0) is 18.6 Å². The van der Waals surface area contributed by atoms with E-state index in [1.807, 2.05) is 30.1 Å². The monoisotopic (exact) mass is 219 g/mol. The molecule has 1 aromatic rings. The van der Waals surface area contributed by atoms with Crippen molar-refractivity contribution < 1.29 is 4.79 Å². The predicted molar refractivity (Wildman–Crippen MR) is 62.0 cm³/mol. The molecule has 1 aliphatic heterocycles. The molecule has 1 saturated heterocycles. The quantitative estimate of drug-likeness (QED) is 0.799. The van der Waals surface area contributed by atoms with E-state index >= 15 is 0 Å². The third-order valence-electron chi connectivity index (χ3n) is 3.02. The van der Waals surface area contributed by atoms with E-state index in [1.165, 1.54) is 0 Å². The van der Waals surface area contributed by atoms with E-state index in [9.17, 15) is 4.79 Å². The first-order valence-corrected chi connectivity index (χ1v) is 5.63. The molecule has 1 amide bonds. The van der Waals surface area contributed by atoms with E-state index in [0.29, 0.717) is 12.5 Å². The van der Waals surface area contributed by atoms with Crippen LogP contribution < -0.4 is 5.32 Å². The zero-order valence-electron chi connectivity index (χ0n) is 9.52. The van der Waals surface area contributed by atoms with Crippen LogP contribution in [0.15, 0.2) is 24.4 Å². The average Bonchev–Trinajstić information content (AvgIpc) is 2.25. The van der Waals surface area contributed by atoms with Gasteiger partial charge in [0.05, 0.1) is 6.04 Å². The standard InChI is InChI=1S/C12H17N3O/c1-15(11-8-13-9-11)12(16)6-5-10-4-2-3-7-14-10/h2-4,7,11,13H,5-6,8-9H2,1H3. The summed E-state index contributed by atoms with van der Waals surface area (Å²) >= 11 is 0. The Hall–Kier alpha value is -1.42. The van der Waals surface area contributed by atoms with E-state index in [0.717, 1.165) is 25.2 Å². The number of likely N-dealkylation sites (N-methyl/N-ethyl adjacent to an activating group) is 1. The van der Waals surface area contributed by atoms with Crippen molar-refractivity contribution in [2.45, 2.75) is 18.9 Å². The van der Waals surface area contributed by atoms with Crippen molar-refractivity contribution >= 4 is 5.91 Å².